The minimum Gasteiger partial charge on any atom is -0.368 e. The summed E-state index contributed by atoms with van der Waals surface area (Å²) in [5.74, 6) is 0.577. The normalized spacial score (nSPS) is 11.6. The molecule has 0 atom stereocenters. The lowest BCUT2D eigenvalue weighted by Crippen LogP contribution is -2.18. The third-order valence-corrected chi connectivity index (χ3v) is 4.03. The Bertz CT molecular complexity index is 733. The van der Waals surface area contributed by atoms with E-state index < -0.39 is 0 Å². The van der Waals surface area contributed by atoms with E-state index in [-0.39, 0.29) is 15.6 Å². The summed E-state index contributed by atoms with van der Waals surface area (Å²) in [5, 5.41) is 4.75. The van der Waals surface area contributed by atoms with Crippen LogP contribution < -0.4 is 5.73 Å². The van der Waals surface area contributed by atoms with E-state index in [1.54, 1.807) is 0 Å². The fraction of sp³-hybridized carbons (Fsp3) is 0.154. The fourth-order valence-corrected chi connectivity index (χ4v) is 2.13. The molecule has 2 aromatic rings. The quantitative estimate of drug-likeness (QED) is 0.380. The van der Waals surface area contributed by atoms with Crippen LogP contribution in [0.4, 0.5) is 5.95 Å². The number of nitrogens with zero attached hydrogens (tertiary/aromatic N) is 4. The molecule has 0 aliphatic rings. The van der Waals surface area contributed by atoms with Gasteiger partial charge in [-0.3, -0.25) is 0 Å². The van der Waals surface area contributed by atoms with Crippen LogP contribution in [0, 0.1) is 6.92 Å². The molecule has 0 radical (unpaired) electrons. The summed E-state index contributed by atoms with van der Waals surface area (Å²) in [6.07, 6.45) is 1.85. The van der Waals surface area contributed by atoms with Crippen molar-refractivity contribution in [2.75, 3.05) is 12.0 Å². The Labute approximate surface area is 147 Å². The van der Waals surface area contributed by atoms with Gasteiger partial charge in [0, 0.05) is 5.56 Å². The summed E-state index contributed by atoms with van der Waals surface area (Å²) in [5.41, 5.74) is 7.77. The predicted octanol–water partition coefficient (Wildman–Crippen LogP) is 4.03. The Morgan fingerprint density at radius 2 is 1.86 bits per heavy atom. The first-order valence-electron chi connectivity index (χ1n) is 6.05. The average molecular weight is 377 g/mol. The molecule has 116 valence electrons. The van der Waals surface area contributed by atoms with E-state index >= 15 is 0 Å². The molecule has 1 heterocycles. The van der Waals surface area contributed by atoms with E-state index in [4.69, 9.17) is 40.5 Å². The number of halogens is 3. The molecule has 0 saturated heterocycles. The maximum atomic E-state index is 5.96. The van der Waals surface area contributed by atoms with Crippen LogP contribution in [0.5, 0.6) is 0 Å². The number of hydrogen-bond acceptors (Lipinski definition) is 5. The van der Waals surface area contributed by atoms with Crippen molar-refractivity contribution in [1.82, 2.24) is 14.8 Å². The van der Waals surface area contributed by atoms with Crippen molar-refractivity contribution in [3.63, 3.8) is 0 Å². The third kappa shape index (κ3) is 3.95. The fourth-order valence-electron chi connectivity index (χ4n) is 1.62. The number of nitrogen functional groups attached to an aromatic ring is 1. The first-order valence-corrected chi connectivity index (χ1v) is 8.41. The number of rotatable bonds is 3. The van der Waals surface area contributed by atoms with Crippen molar-refractivity contribution < 1.29 is 0 Å². The zero-order valence-corrected chi connectivity index (χ0v) is 14.8. The summed E-state index contributed by atoms with van der Waals surface area (Å²) in [6.45, 7) is 1.98. The van der Waals surface area contributed by atoms with Crippen LogP contribution in [-0.4, -0.2) is 26.9 Å². The zero-order valence-electron chi connectivity index (χ0n) is 11.7. The lowest BCUT2D eigenvalue weighted by Gasteiger charge is -2.08. The summed E-state index contributed by atoms with van der Waals surface area (Å²) in [7, 11) is 0. The standard InChI is InChI=1S/C13H12Cl3N5S/c1-7-3-5-8(6-4-7)11(18-10(16)9(14)15)21-12(17)19-13(20-21)22-2/h3-6H,1-2H3,(H2,17,19,20)/b18-11-. The summed E-state index contributed by atoms with van der Waals surface area (Å²) in [4.78, 5) is 8.36. The van der Waals surface area contributed by atoms with Crippen LogP contribution >= 0.6 is 46.6 Å². The highest BCUT2D eigenvalue weighted by Gasteiger charge is 2.15. The van der Waals surface area contributed by atoms with Crippen molar-refractivity contribution in [3.8, 4) is 0 Å². The van der Waals surface area contributed by atoms with Gasteiger partial charge in [-0.05, 0) is 13.2 Å². The highest BCUT2D eigenvalue weighted by molar-refractivity contribution is 7.98. The Kier molecular flexibility index (Phi) is 5.74. The van der Waals surface area contributed by atoms with Crippen molar-refractivity contribution in [2.24, 2.45) is 4.99 Å². The third-order valence-electron chi connectivity index (χ3n) is 2.67. The van der Waals surface area contributed by atoms with Gasteiger partial charge in [0.2, 0.25) is 11.1 Å². The monoisotopic (exact) mass is 375 g/mol. The number of aliphatic imine (C=N–C) groups is 1. The Hall–Kier alpha value is -1.21. The smallest absolute Gasteiger partial charge is 0.225 e. The second-order valence-corrected chi connectivity index (χ2v) is 6.30. The molecule has 2 N–H and O–H groups in total. The van der Waals surface area contributed by atoms with Crippen LogP contribution in [0.25, 0.3) is 0 Å². The van der Waals surface area contributed by atoms with Gasteiger partial charge in [-0.2, -0.15) is 9.67 Å². The van der Waals surface area contributed by atoms with Crippen LogP contribution in [0.15, 0.2) is 44.1 Å². The number of aromatic nitrogens is 3. The van der Waals surface area contributed by atoms with Crippen molar-refractivity contribution in [1.29, 1.82) is 0 Å². The first kappa shape index (κ1) is 17.1. The molecule has 0 aliphatic heterocycles. The molecule has 0 amide bonds. The van der Waals surface area contributed by atoms with Crippen molar-refractivity contribution in [2.45, 2.75) is 12.1 Å². The lowest BCUT2D eigenvalue weighted by molar-refractivity contribution is 0.881. The molecular formula is C13H12Cl3N5S. The molecule has 22 heavy (non-hydrogen) atoms. The number of anilines is 1. The van der Waals surface area contributed by atoms with E-state index in [0.29, 0.717) is 11.0 Å². The van der Waals surface area contributed by atoms with Gasteiger partial charge in [0.15, 0.2) is 11.0 Å². The molecule has 5 nitrogen and oxygen atoms in total. The Morgan fingerprint density at radius 1 is 1.23 bits per heavy atom. The molecule has 0 bridgehead atoms. The number of thioether (sulfide) groups is 1. The molecule has 2 rings (SSSR count). The summed E-state index contributed by atoms with van der Waals surface area (Å²) in [6, 6.07) is 7.63. The van der Waals surface area contributed by atoms with E-state index in [1.807, 2.05) is 37.4 Å². The zero-order chi connectivity index (χ0) is 16.3. The average Bonchev–Trinajstić information content (AvgIpc) is 2.86. The molecule has 0 aliphatic carbocycles. The highest BCUT2D eigenvalue weighted by Crippen LogP contribution is 2.21. The van der Waals surface area contributed by atoms with Gasteiger partial charge in [-0.15, -0.1) is 5.10 Å². The van der Waals surface area contributed by atoms with E-state index in [2.05, 4.69) is 15.1 Å². The van der Waals surface area contributed by atoms with E-state index in [0.717, 1.165) is 11.1 Å². The maximum absolute atomic E-state index is 5.96. The van der Waals surface area contributed by atoms with Gasteiger partial charge in [-0.1, -0.05) is 76.4 Å². The molecule has 1 aromatic heterocycles. The number of benzene rings is 1. The van der Waals surface area contributed by atoms with Gasteiger partial charge in [0.05, 0.1) is 0 Å². The van der Waals surface area contributed by atoms with Crippen LogP contribution in [-0.2, 0) is 0 Å². The topological polar surface area (TPSA) is 69.1 Å². The molecule has 1 aromatic carbocycles. The molecular weight excluding hydrogens is 365 g/mol. The SMILES string of the molecule is CSc1nc(N)n(/C(=N\C(Cl)=C(Cl)Cl)c2ccc(C)cc2)n1. The van der Waals surface area contributed by atoms with Gasteiger partial charge in [0.1, 0.15) is 4.49 Å². The first-order chi connectivity index (χ1) is 10.4. The molecule has 0 saturated carbocycles. The van der Waals surface area contributed by atoms with Gasteiger partial charge in [-0.25, -0.2) is 4.99 Å². The second-order valence-electron chi connectivity index (χ2n) is 4.22. The van der Waals surface area contributed by atoms with Gasteiger partial charge in [0.25, 0.3) is 0 Å². The van der Waals surface area contributed by atoms with Crippen LogP contribution in [0.3, 0.4) is 0 Å². The summed E-state index contributed by atoms with van der Waals surface area (Å²) >= 11 is 18.7. The van der Waals surface area contributed by atoms with E-state index in [1.165, 1.54) is 16.4 Å². The second kappa shape index (κ2) is 7.37. The number of hydrogen-bond donors (Lipinski definition) is 1. The Morgan fingerprint density at radius 3 is 2.36 bits per heavy atom. The molecule has 0 fully saturated rings. The molecule has 9 heteroatoms. The predicted molar refractivity (Wildman–Crippen MR) is 93.9 cm³/mol. The van der Waals surface area contributed by atoms with Crippen LogP contribution in [0.2, 0.25) is 0 Å². The lowest BCUT2D eigenvalue weighted by atomic mass is 10.1. The molecule has 0 unspecified atom stereocenters. The molecule has 0 spiro atoms. The number of aryl methyl sites for hydroxylation is 1. The number of nitrogens with two attached hydrogens (primary N) is 1. The summed E-state index contributed by atoms with van der Waals surface area (Å²) < 4.78 is 1.25. The van der Waals surface area contributed by atoms with Crippen LogP contribution in [0.1, 0.15) is 11.1 Å². The van der Waals surface area contributed by atoms with Crippen molar-refractivity contribution >= 4 is 58.3 Å². The van der Waals surface area contributed by atoms with Gasteiger partial charge >= 0.3 is 0 Å². The largest absolute Gasteiger partial charge is 0.368 e. The minimum absolute atomic E-state index is 0.0560. The van der Waals surface area contributed by atoms with E-state index in [9.17, 15) is 0 Å². The highest BCUT2D eigenvalue weighted by atomic mass is 35.5. The van der Waals surface area contributed by atoms with Gasteiger partial charge < -0.3 is 5.73 Å². The maximum Gasteiger partial charge on any atom is 0.225 e. The van der Waals surface area contributed by atoms with Crippen molar-refractivity contribution in [3.05, 3.63) is 45.0 Å². The Balaban J connectivity index is 2.62. The minimum atomic E-state index is -0.143.